The van der Waals surface area contributed by atoms with E-state index in [0.717, 1.165) is 22.3 Å². The number of para-hydroxylation sites is 1. The summed E-state index contributed by atoms with van der Waals surface area (Å²) in [5.41, 5.74) is 0.286. The highest BCUT2D eigenvalue weighted by Gasteiger charge is 2.04. The van der Waals surface area contributed by atoms with Crippen LogP contribution in [0.3, 0.4) is 0 Å². The van der Waals surface area contributed by atoms with Crippen molar-refractivity contribution in [1.29, 1.82) is 0 Å². The van der Waals surface area contributed by atoms with Gasteiger partial charge in [-0.3, -0.25) is 0 Å². The molecule has 3 aromatic carbocycles. The number of rotatable bonds is 3. The Morgan fingerprint density at radius 1 is 0.800 bits per heavy atom. The molecule has 20 heavy (non-hydrogen) atoms. The van der Waals surface area contributed by atoms with Crippen LogP contribution in [0.25, 0.3) is 10.8 Å². The molecule has 0 amide bonds. The number of hydrogen-bond donors (Lipinski definition) is 1. The predicted molar refractivity (Wildman–Crippen MR) is 77.4 cm³/mol. The molecule has 0 atom stereocenters. The predicted octanol–water partition coefficient (Wildman–Crippen LogP) is 4.33. The van der Waals surface area contributed by atoms with E-state index in [0.29, 0.717) is 0 Å². The summed E-state index contributed by atoms with van der Waals surface area (Å²) in [6.45, 7) is 0. The van der Waals surface area contributed by atoms with Crippen molar-refractivity contribution in [3.8, 4) is 11.5 Å². The highest BCUT2D eigenvalue weighted by atomic mass is 16.5. The Morgan fingerprint density at radius 3 is 2.25 bits per heavy atom. The number of aromatic carboxylic acids is 1. The highest BCUT2D eigenvalue weighted by Crippen LogP contribution is 2.26. The van der Waals surface area contributed by atoms with Gasteiger partial charge in [-0.2, -0.15) is 0 Å². The number of carboxylic acid groups (broad SMARTS) is 1. The number of carboxylic acids is 1. The van der Waals surface area contributed by atoms with E-state index in [-0.39, 0.29) is 5.56 Å². The van der Waals surface area contributed by atoms with E-state index in [1.54, 1.807) is 18.2 Å². The molecule has 3 nitrogen and oxygen atoms in total. The summed E-state index contributed by atoms with van der Waals surface area (Å²) in [6, 6.07) is 20.2. The van der Waals surface area contributed by atoms with Gasteiger partial charge >= 0.3 is 5.97 Å². The maximum atomic E-state index is 10.9. The van der Waals surface area contributed by atoms with Crippen molar-refractivity contribution < 1.29 is 14.6 Å². The van der Waals surface area contributed by atoms with E-state index in [1.165, 1.54) is 0 Å². The minimum atomic E-state index is -0.920. The van der Waals surface area contributed by atoms with Crippen LogP contribution >= 0.6 is 0 Å². The minimum Gasteiger partial charge on any atom is -0.478 e. The second kappa shape index (κ2) is 5.05. The monoisotopic (exact) mass is 264 g/mol. The molecule has 0 unspecified atom stereocenters. The Labute approximate surface area is 116 Å². The van der Waals surface area contributed by atoms with Gasteiger partial charge in [0.25, 0.3) is 0 Å². The van der Waals surface area contributed by atoms with Gasteiger partial charge in [0.15, 0.2) is 0 Å². The van der Waals surface area contributed by atoms with E-state index in [9.17, 15) is 4.79 Å². The van der Waals surface area contributed by atoms with Gasteiger partial charge in [-0.15, -0.1) is 0 Å². The van der Waals surface area contributed by atoms with Crippen LogP contribution in [0, 0.1) is 0 Å². The molecule has 0 heterocycles. The first-order valence-corrected chi connectivity index (χ1v) is 6.22. The van der Waals surface area contributed by atoms with Crippen molar-refractivity contribution in [2.75, 3.05) is 0 Å². The highest BCUT2D eigenvalue weighted by molar-refractivity contribution is 5.94. The first-order chi connectivity index (χ1) is 9.72. The molecule has 0 spiro atoms. The smallest absolute Gasteiger partial charge is 0.335 e. The number of benzene rings is 3. The van der Waals surface area contributed by atoms with Gasteiger partial charge in [0.1, 0.15) is 11.5 Å². The number of hydrogen-bond acceptors (Lipinski definition) is 2. The molecule has 0 radical (unpaired) electrons. The van der Waals surface area contributed by atoms with E-state index >= 15 is 0 Å². The van der Waals surface area contributed by atoms with Crippen molar-refractivity contribution >= 4 is 16.7 Å². The lowest BCUT2D eigenvalue weighted by Gasteiger charge is -2.07. The second-order valence-electron chi connectivity index (χ2n) is 4.44. The third-order valence-electron chi connectivity index (χ3n) is 3.04. The maximum absolute atomic E-state index is 10.9. The minimum absolute atomic E-state index is 0.286. The fourth-order valence-electron chi connectivity index (χ4n) is 2.04. The van der Waals surface area contributed by atoms with Gasteiger partial charge in [-0.1, -0.05) is 30.3 Å². The molecular formula is C17H12O3. The lowest BCUT2D eigenvalue weighted by Crippen LogP contribution is -1.95. The van der Waals surface area contributed by atoms with Crippen molar-refractivity contribution in [2.45, 2.75) is 0 Å². The standard InChI is InChI=1S/C17H12O3/c18-17(19)14-7-6-13-11-16(9-8-12(13)10-14)20-15-4-2-1-3-5-15/h1-11H,(H,18,19). The second-order valence-corrected chi connectivity index (χ2v) is 4.44. The topological polar surface area (TPSA) is 46.5 Å². The van der Waals surface area contributed by atoms with E-state index < -0.39 is 5.97 Å². The number of carbonyl (C=O) groups is 1. The molecule has 0 saturated heterocycles. The Morgan fingerprint density at radius 2 is 1.50 bits per heavy atom. The molecule has 3 heteroatoms. The van der Waals surface area contributed by atoms with Gasteiger partial charge in [0.05, 0.1) is 5.56 Å². The zero-order valence-corrected chi connectivity index (χ0v) is 10.6. The average Bonchev–Trinajstić information content (AvgIpc) is 2.47. The molecule has 0 aliphatic heterocycles. The lowest BCUT2D eigenvalue weighted by atomic mass is 10.1. The van der Waals surface area contributed by atoms with Gasteiger partial charge in [0, 0.05) is 0 Å². The maximum Gasteiger partial charge on any atom is 0.335 e. The molecule has 0 fully saturated rings. The third-order valence-corrected chi connectivity index (χ3v) is 3.04. The van der Waals surface area contributed by atoms with Gasteiger partial charge < -0.3 is 9.84 Å². The first kappa shape index (κ1) is 12.2. The lowest BCUT2D eigenvalue weighted by molar-refractivity contribution is 0.0697. The van der Waals surface area contributed by atoms with Crippen LogP contribution in [0.5, 0.6) is 11.5 Å². The Hall–Kier alpha value is -2.81. The fourth-order valence-corrected chi connectivity index (χ4v) is 2.04. The quantitative estimate of drug-likeness (QED) is 0.765. The molecule has 3 aromatic rings. The Bertz CT molecular complexity index is 764. The molecule has 0 aliphatic carbocycles. The van der Waals surface area contributed by atoms with Crippen LogP contribution in [-0.4, -0.2) is 11.1 Å². The summed E-state index contributed by atoms with van der Waals surface area (Å²) < 4.78 is 5.75. The van der Waals surface area contributed by atoms with Gasteiger partial charge in [0.2, 0.25) is 0 Å². The zero-order valence-electron chi connectivity index (χ0n) is 10.6. The van der Waals surface area contributed by atoms with Crippen molar-refractivity contribution in [2.24, 2.45) is 0 Å². The molecule has 0 aromatic heterocycles. The Kier molecular flexibility index (Phi) is 3.09. The summed E-state index contributed by atoms with van der Waals surface area (Å²) in [4.78, 5) is 10.9. The molecule has 98 valence electrons. The van der Waals surface area contributed by atoms with Gasteiger partial charge in [-0.25, -0.2) is 4.79 Å². The molecule has 0 saturated carbocycles. The molecule has 0 aliphatic rings. The van der Waals surface area contributed by atoms with Crippen molar-refractivity contribution in [1.82, 2.24) is 0 Å². The third kappa shape index (κ3) is 2.47. The Balaban J connectivity index is 1.95. The van der Waals surface area contributed by atoms with E-state index in [1.807, 2.05) is 48.5 Å². The molecular weight excluding hydrogens is 252 g/mol. The molecule has 0 bridgehead atoms. The van der Waals surface area contributed by atoms with Crippen LogP contribution in [0.1, 0.15) is 10.4 Å². The van der Waals surface area contributed by atoms with E-state index in [2.05, 4.69) is 0 Å². The first-order valence-electron chi connectivity index (χ1n) is 6.22. The van der Waals surface area contributed by atoms with Crippen molar-refractivity contribution in [3.05, 3.63) is 72.3 Å². The molecule has 3 rings (SSSR count). The largest absolute Gasteiger partial charge is 0.478 e. The molecule has 1 N–H and O–H groups in total. The van der Waals surface area contributed by atoms with Crippen LogP contribution in [0.15, 0.2) is 66.7 Å². The number of ether oxygens (including phenoxy) is 1. The van der Waals surface area contributed by atoms with Crippen LogP contribution < -0.4 is 4.74 Å². The van der Waals surface area contributed by atoms with Gasteiger partial charge in [-0.05, 0) is 47.2 Å². The van der Waals surface area contributed by atoms with Crippen LogP contribution in [-0.2, 0) is 0 Å². The summed E-state index contributed by atoms with van der Waals surface area (Å²) in [5.74, 6) is 0.581. The summed E-state index contributed by atoms with van der Waals surface area (Å²) in [6.07, 6.45) is 0. The normalized spacial score (nSPS) is 10.4. The zero-order chi connectivity index (χ0) is 13.9. The van der Waals surface area contributed by atoms with Crippen LogP contribution in [0.2, 0.25) is 0 Å². The number of fused-ring (bicyclic) bond motifs is 1. The fraction of sp³-hybridized carbons (Fsp3) is 0. The van der Waals surface area contributed by atoms with Crippen molar-refractivity contribution in [3.63, 3.8) is 0 Å². The average molecular weight is 264 g/mol. The van der Waals surface area contributed by atoms with E-state index in [4.69, 9.17) is 9.84 Å². The summed E-state index contributed by atoms with van der Waals surface area (Å²) >= 11 is 0. The summed E-state index contributed by atoms with van der Waals surface area (Å²) in [5, 5.41) is 10.8. The van der Waals surface area contributed by atoms with Crippen LogP contribution in [0.4, 0.5) is 0 Å². The SMILES string of the molecule is O=C(O)c1ccc2cc(Oc3ccccc3)ccc2c1. The summed E-state index contributed by atoms with van der Waals surface area (Å²) in [7, 11) is 0.